The van der Waals surface area contributed by atoms with Crippen molar-refractivity contribution < 1.29 is 0 Å². The molecule has 2 heterocycles. The van der Waals surface area contributed by atoms with Crippen LogP contribution < -0.4 is 0 Å². The topological polar surface area (TPSA) is 17.8 Å². The van der Waals surface area contributed by atoms with Crippen molar-refractivity contribution in [2.24, 2.45) is 0 Å². The van der Waals surface area contributed by atoms with E-state index >= 15 is 0 Å². The Balaban J connectivity index is 2.18. The van der Waals surface area contributed by atoms with E-state index in [1.807, 2.05) is 12.5 Å². The predicted molar refractivity (Wildman–Crippen MR) is 55.0 cm³/mol. The van der Waals surface area contributed by atoms with Gasteiger partial charge in [0.05, 0.1) is 12.9 Å². The third kappa shape index (κ3) is 1.80. The average Bonchev–Trinajstić information content (AvgIpc) is 2.76. The maximum atomic E-state index is 4.14. The fourth-order valence-corrected chi connectivity index (χ4v) is 2.06. The van der Waals surface area contributed by atoms with E-state index in [2.05, 4.69) is 34.0 Å². The summed E-state index contributed by atoms with van der Waals surface area (Å²) in [6.07, 6.45) is 4.89. The van der Waals surface area contributed by atoms with Crippen LogP contribution in [0.5, 0.6) is 0 Å². The highest BCUT2D eigenvalue weighted by Gasteiger charge is 2.00. The summed E-state index contributed by atoms with van der Waals surface area (Å²) in [5.41, 5.74) is 1.30. The van der Waals surface area contributed by atoms with E-state index in [0.717, 1.165) is 13.0 Å². The highest BCUT2D eigenvalue weighted by molar-refractivity contribution is 7.09. The Hall–Kier alpha value is -1.09. The molecule has 0 saturated heterocycles. The van der Waals surface area contributed by atoms with Gasteiger partial charge in [-0.15, -0.1) is 11.3 Å². The van der Waals surface area contributed by atoms with Gasteiger partial charge in [-0.1, -0.05) is 13.0 Å². The molecule has 13 heavy (non-hydrogen) atoms. The van der Waals surface area contributed by atoms with Gasteiger partial charge in [0.25, 0.3) is 0 Å². The van der Waals surface area contributed by atoms with Crippen LogP contribution in [0.1, 0.15) is 17.5 Å². The lowest BCUT2D eigenvalue weighted by atomic mass is 10.3. The summed E-state index contributed by atoms with van der Waals surface area (Å²) in [6.45, 7) is 3.11. The second kappa shape index (κ2) is 3.75. The predicted octanol–water partition coefficient (Wildman–Crippen LogP) is 2.56. The summed E-state index contributed by atoms with van der Waals surface area (Å²) in [5.74, 6) is 0. The van der Waals surface area contributed by atoms with Crippen molar-refractivity contribution in [2.75, 3.05) is 0 Å². The zero-order valence-corrected chi connectivity index (χ0v) is 8.42. The smallest absolute Gasteiger partial charge is 0.0951 e. The van der Waals surface area contributed by atoms with E-state index < -0.39 is 0 Å². The lowest BCUT2D eigenvalue weighted by Crippen LogP contribution is -2.00. The van der Waals surface area contributed by atoms with E-state index in [-0.39, 0.29) is 0 Å². The minimum atomic E-state index is 0.959. The molecule has 0 atom stereocenters. The largest absolute Gasteiger partial charge is 0.329 e. The first-order valence-electron chi connectivity index (χ1n) is 4.41. The first-order valence-corrected chi connectivity index (χ1v) is 5.29. The Kier molecular flexibility index (Phi) is 2.45. The monoisotopic (exact) mass is 192 g/mol. The molecule has 0 spiro atoms. The molecule has 0 amide bonds. The normalized spacial score (nSPS) is 10.5. The first-order chi connectivity index (χ1) is 6.40. The number of aromatic nitrogens is 2. The Morgan fingerprint density at radius 2 is 2.46 bits per heavy atom. The lowest BCUT2D eigenvalue weighted by molar-refractivity contribution is 0.756. The fourth-order valence-electron chi connectivity index (χ4n) is 1.36. The maximum Gasteiger partial charge on any atom is 0.0951 e. The van der Waals surface area contributed by atoms with Crippen LogP contribution in [0.15, 0.2) is 30.0 Å². The molecular weight excluding hydrogens is 180 g/mol. The van der Waals surface area contributed by atoms with Crippen molar-refractivity contribution in [1.82, 2.24) is 9.55 Å². The summed E-state index contributed by atoms with van der Waals surface area (Å²) in [5, 5.41) is 2.11. The second-order valence-corrected chi connectivity index (χ2v) is 3.98. The molecule has 0 aliphatic rings. The quantitative estimate of drug-likeness (QED) is 0.730. The van der Waals surface area contributed by atoms with Crippen LogP contribution in [0.25, 0.3) is 0 Å². The molecule has 0 fully saturated rings. The van der Waals surface area contributed by atoms with E-state index in [0.29, 0.717) is 0 Å². The molecule has 2 aromatic rings. The van der Waals surface area contributed by atoms with Crippen molar-refractivity contribution in [3.63, 3.8) is 0 Å². The summed E-state index contributed by atoms with van der Waals surface area (Å²) in [7, 11) is 0. The molecule has 0 aliphatic carbocycles. The van der Waals surface area contributed by atoms with Gasteiger partial charge < -0.3 is 4.57 Å². The molecule has 0 unspecified atom stereocenters. The zero-order chi connectivity index (χ0) is 9.10. The van der Waals surface area contributed by atoms with Gasteiger partial charge in [0.15, 0.2) is 0 Å². The molecule has 0 N–H and O–H groups in total. The first kappa shape index (κ1) is 8.51. The van der Waals surface area contributed by atoms with Gasteiger partial charge >= 0.3 is 0 Å². The van der Waals surface area contributed by atoms with Crippen LogP contribution in [0.3, 0.4) is 0 Å². The van der Waals surface area contributed by atoms with Gasteiger partial charge in [-0.3, -0.25) is 0 Å². The van der Waals surface area contributed by atoms with Crippen molar-refractivity contribution in [3.8, 4) is 0 Å². The average molecular weight is 192 g/mol. The minimum absolute atomic E-state index is 0.959. The number of hydrogen-bond donors (Lipinski definition) is 0. The third-order valence-corrected chi connectivity index (χ3v) is 2.93. The number of aryl methyl sites for hydroxylation is 1. The van der Waals surface area contributed by atoms with Crippen LogP contribution in [0.2, 0.25) is 0 Å². The number of imidazole rings is 1. The van der Waals surface area contributed by atoms with Gasteiger partial charge in [-0.25, -0.2) is 4.98 Å². The van der Waals surface area contributed by atoms with Crippen LogP contribution in [-0.2, 0) is 13.0 Å². The SMILES string of the molecule is CCc1cncn1Cc1cccs1. The van der Waals surface area contributed by atoms with Gasteiger partial charge in [0, 0.05) is 16.8 Å². The Morgan fingerprint density at radius 3 is 3.15 bits per heavy atom. The Morgan fingerprint density at radius 1 is 1.54 bits per heavy atom. The zero-order valence-electron chi connectivity index (χ0n) is 7.60. The summed E-state index contributed by atoms with van der Waals surface area (Å²) in [4.78, 5) is 5.52. The molecule has 0 saturated carbocycles. The summed E-state index contributed by atoms with van der Waals surface area (Å²) < 4.78 is 2.20. The summed E-state index contributed by atoms with van der Waals surface area (Å²) >= 11 is 1.79. The molecule has 0 aliphatic heterocycles. The van der Waals surface area contributed by atoms with Crippen molar-refractivity contribution in [3.05, 3.63) is 40.6 Å². The van der Waals surface area contributed by atoms with E-state index in [1.54, 1.807) is 11.3 Å². The molecule has 2 nitrogen and oxygen atoms in total. The highest BCUT2D eigenvalue weighted by Crippen LogP contribution is 2.12. The number of thiophene rings is 1. The van der Waals surface area contributed by atoms with Crippen LogP contribution in [0.4, 0.5) is 0 Å². The fraction of sp³-hybridized carbons (Fsp3) is 0.300. The van der Waals surface area contributed by atoms with Gasteiger partial charge in [0.2, 0.25) is 0 Å². The molecule has 3 heteroatoms. The molecular formula is C10H12N2S. The van der Waals surface area contributed by atoms with Crippen molar-refractivity contribution in [1.29, 1.82) is 0 Å². The van der Waals surface area contributed by atoms with E-state index in [1.165, 1.54) is 10.6 Å². The Bertz CT molecular complexity index is 362. The molecule has 0 bridgehead atoms. The number of rotatable bonds is 3. The van der Waals surface area contributed by atoms with Crippen LogP contribution >= 0.6 is 11.3 Å². The van der Waals surface area contributed by atoms with Crippen molar-refractivity contribution >= 4 is 11.3 Å². The summed E-state index contributed by atoms with van der Waals surface area (Å²) in [6, 6.07) is 4.24. The highest BCUT2D eigenvalue weighted by atomic mass is 32.1. The number of nitrogens with zero attached hydrogens (tertiary/aromatic N) is 2. The minimum Gasteiger partial charge on any atom is -0.329 e. The van der Waals surface area contributed by atoms with Gasteiger partial charge in [0.1, 0.15) is 0 Å². The number of hydrogen-bond acceptors (Lipinski definition) is 2. The van der Waals surface area contributed by atoms with Crippen LogP contribution in [0, 0.1) is 0 Å². The molecule has 0 aromatic carbocycles. The lowest BCUT2D eigenvalue weighted by Gasteiger charge is -2.03. The Labute approximate surface area is 81.9 Å². The molecule has 68 valence electrons. The molecule has 2 rings (SSSR count). The van der Waals surface area contributed by atoms with Gasteiger partial charge in [-0.05, 0) is 17.9 Å². The maximum absolute atomic E-state index is 4.14. The van der Waals surface area contributed by atoms with E-state index in [4.69, 9.17) is 0 Å². The molecule has 0 radical (unpaired) electrons. The van der Waals surface area contributed by atoms with E-state index in [9.17, 15) is 0 Å². The second-order valence-electron chi connectivity index (χ2n) is 2.95. The standard InChI is InChI=1S/C10H12N2S/c1-2-9-6-11-8-12(9)7-10-4-3-5-13-10/h3-6,8H,2,7H2,1H3. The van der Waals surface area contributed by atoms with Gasteiger partial charge in [-0.2, -0.15) is 0 Å². The van der Waals surface area contributed by atoms with Crippen molar-refractivity contribution in [2.45, 2.75) is 19.9 Å². The third-order valence-electron chi connectivity index (χ3n) is 2.07. The van der Waals surface area contributed by atoms with Crippen LogP contribution in [-0.4, -0.2) is 9.55 Å². The molecule has 2 aromatic heterocycles.